The number of benzene rings is 1. The van der Waals surface area contributed by atoms with Crippen LogP contribution in [-0.2, 0) is 6.42 Å². The van der Waals surface area contributed by atoms with Crippen LogP contribution < -0.4 is 0 Å². The minimum absolute atomic E-state index is 0.106. The molecule has 1 nitrogen and oxygen atoms in total. The maximum atomic E-state index is 12.3. The summed E-state index contributed by atoms with van der Waals surface area (Å²) in [6.07, 6.45) is -1.42. The number of alkyl halides is 1. The SMILES string of the molecule is CC(=C(F)F)[C@@H](Br)[C@@H](O)CCc1ccccc1. The van der Waals surface area contributed by atoms with E-state index in [1.54, 1.807) is 0 Å². The van der Waals surface area contributed by atoms with Gasteiger partial charge in [-0.25, -0.2) is 0 Å². The van der Waals surface area contributed by atoms with Gasteiger partial charge in [-0.05, 0) is 25.3 Å². The summed E-state index contributed by atoms with van der Waals surface area (Å²) in [6, 6.07) is 9.65. The van der Waals surface area contributed by atoms with E-state index in [2.05, 4.69) is 15.9 Å². The quantitative estimate of drug-likeness (QED) is 0.818. The molecule has 0 saturated heterocycles. The van der Waals surface area contributed by atoms with Gasteiger partial charge in [0.15, 0.2) is 0 Å². The largest absolute Gasteiger partial charge is 0.392 e. The summed E-state index contributed by atoms with van der Waals surface area (Å²) < 4.78 is 24.7. The lowest BCUT2D eigenvalue weighted by molar-refractivity contribution is 0.170. The molecule has 0 amide bonds. The van der Waals surface area contributed by atoms with E-state index in [4.69, 9.17) is 0 Å². The second kappa shape index (κ2) is 6.87. The van der Waals surface area contributed by atoms with Gasteiger partial charge in [-0.3, -0.25) is 0 Å². The molecule has 0 heterocycles. The highest BCUT2D eigenvalue weighted by atomic mass is 79.9. The van der Waals surface area contributed by atoms with Gasteiger partial charge in [0.1, 0.15) is 0 Å². The second-order valence-corrected chi connectivity index (χ2v) is 4.92. The van der Waals surface area contributed by atoms with E-state index in [1.807, 2.05) is 30.3 Å². The smallest absolute Gasteiger partial charge is 0.270 e. The van der Waals surface area contributed by atoms with E-state index in [1.165, 1.54) is 6.92 Å². The van der Waals surface area contributed by atoms with Gasteiger partial charge in [-0.15, -0.1) is 0 Å². The highest BCUT2D eigenvalue weighted by Gasteiger charge is 2.20. The van der Waals surface area contributed by atoms with E-state index in [0.717, 1.165) is 5.56 Å². The van der Waals surface area contributed by atoms with Crippen molar-refractivity contribution in [1.82, 2.24) is 0 Å². The summed E-state index contributed by atoms with van der Waals surface area (Å²) in [5.74, 6) is 0. The molecule has 0 radical (unpaired) electrons. The lowest BCUT2D eigenvalue weighted by Crippen LogP contribution is -2.22. The van der Waals surface area contributed by atoms with Crippen LogP contribution in [-0.4, -0.2) is 16.0 Å². The fraction of sp³-hybridized carbons (Fsp3) is 0.385. The molecule has 0 aliphatic rings. The molecule has 0 aliphatic heterocycles. The molecule has 0 saturated carbocycles. The second-order valence-electron chi connectivity index (χ2n) is 3.94. The third kappa shape index (κ3) is 4.56. The normalized spacial score (nSPS) is 14.2. The number of aryl methyl sites for hydroxylation is 1. The molecule has 4 heteroatoms. The molecule has 0 unspecified atom stereocenters. The molecular weight excluding hydrogens is 290 g/mol. The monoisotopic (exact) mass is 304 g/mol. The van der Waals surface area contributed by atoms with Crippen LogP contribution in [0.1, 0.15) is 18.9 Å². The summed E-state index contributed by atoms with van der Waals surface area (Å²) >= 11 is 3.09. The van der Waals surface area contributed by atoms with Crippen LogP contribution in [0.15, 0.2) is 42.0 Å². The highest BCUT2D eigenvalue weighted by Crippen LogP contribution is 2.23. The molecule has 17 heavy (non-hydrogen) atoms. The first-order valence-corrected chi connectivity index (χ1v) is 6.31. The van der Waals surface area contributed by atoms with E-state index in [-0.39, 0.29) is 5.57 Å². The van der Waals surface area contributed by atoms with Gasteiger partial charge in [0.25, 0.3) is 6.08 Å². The molecule has 0 fully saturated rings. The van der Waals surface area contributed by atoms with Crippen molar-refractivity contribution in [1.29, 1.82) is 0 Å². The number of aliphatic hydroxyl groups excluding tert-OH is 1. The molecule has 94 valence electrons. The molecule has 0 spiro atoms. The van der Waals surface area contributed by atoms with Crippen molar-refractivity contribution in [3.05, 3.63) is 47.5 Å². The molecular formula is C13H15BrF2O. The molecule has 1 aromatic rings. The number of aliphatic hydroxyl groups is 1. The van der Waals surface area contributed by atoms with E-state index in [9.17, 15) is 13.9 Å². The predicted molar refractivity (Wildman–Crippen MR) is 68.4 cm³/mol. The Morgan fingerprint density at radius 2 is 1.88 bits per heavy atom. The fourth-order valence-electron chi connectivity index (χ4n) is 1.50. The Morgan fingerprint density at radius 3 is 2.41 bits per heavy atom. The van der Waals surface area contributed by atoms with Gasteiger partial charge >= 0.3 is 0 Å². The average Bonchev–Trinajstić information content (AvgIpc) is 2.35. The van der Waals surface area contributed by atoms with Crippen LogP contribution in [0.2, 0.25) is 0 Å². The number of hydrogen-bond acceptors (Lipinski definition) is 1. The third-order valence-corrected chi connectivity index (χ3v) is 3.92. The van der Waals surface area contributed by atoms with Gasteiger partial charge in [0.05, 0.1) is 10.9 Å². The standard InChI is InChI=1S/C13H15BrF2O/c1-9(13(15)16)12(14)11(17)8-7-10-5-3-2-4-6-10/h2-6,11-12,17H,7-8H2,1H3/t11-,12+/m0/s1. The van der Waals surface area contributed by atoms with Gasteiger partial charge < -0.3 is 5.11 Å². The highest BCUT2D eigenvalue weighted by molar-refractivity contribution is 9.09. The van der Waals surface area contributed by atoms with E-state index >= 15 is 0 Å². The van der Waals surface area contributed by atoms with Crippen molar-refractivity contribution in [2.45, 2.75) is 30.7 Å². The number of halogens is 3. The number of rotatable bonds is 5. The Kier molecular flexibility index (Phi) is 5.78. The zero-order chi connectivity index (χ0) is 12.8. The predicted octanol–water partition coefficient (Wildman–Crippen LogP) is 3.91. The fourth-order valence-corrected chi connectivity index (χ4v) is 1.94. The van der Waals surface area contributed by atoms with Gasteiger partial charge in [-0.2, -0.15) is 8.78 Å². The van der Waals surface area contributed by atoms with Crippen molar-refractivity contribution in [3.63, 3.8) is 0 Å². The first-order valence-electron chi connectivity index (χ1n) is 5.40. The Bertz CT molecular complexity index is 374. The van der Waals surface area contributed by atoms with E-state index < -0.39 is 17.0 Å². The van der Waals surface area contributed by atoms with Crippen molar-refractivity contribution >= 4 is 15.9 Å². The van der Waals surface area contributed by atoms with Crippen LogP contribution in [0.25, 0.3) is 0 Å². The lowest BCUT2D eigenvalue weighted by Gasteiger charge is -2.17. The Balaban J connectivity index is 2.50. The number of hydrogen-bond donors (Lipinski definition) is 1. The van der Waals surface area contributed by atoms with Crippen molar-refractivity contribution < 1.29 is 13.9 Å². The van der Waals surface area contributed by atoms with Crippen molar-refractivity contribution in [2.24, 2.45) is 0 Å². The van der Waals surface area contributed by atoms with Gasteiger partial charge in [0, 0.05) is 5.57 Å². The first-order chi connectivity index (χ1) is 8.02. The zero-order valence-electron chi connectivity index (χ0n) is 9.54. The lowest BCUT2D eigenvalue weighted by atomic mass is 10.0. The van der Waals surface area contributed by atoms with Gasteiger partial charge in [-0.1, -0.05) is 46.3 Å². The van der Waals surface area contributed by atoms with Crippen molar-refractivity contribution in [2.75, 3.05) is 0 Å². The summed E-state index contributed by atoms with van der Waals surface area (Å²) in [4.78, 5) is -0.684. The first kappa shape index (κ1) is 14.3. The van der Waals surface area contributed by atoms with Crippen LogP contribution in [0.4, 0.5) is 8.78 Å². The van der Waals surface area contributed by atoms with Crippen LogP contribution in [0.5, 0.6) is 0 Å². The summed E-state index contributed by atoms with van der Waals surface area (Å²) in [5.41, 5.74) is 0.985. The molecule has 0 bridgehead atoms. The minimum Gasteiger partial charge on any atom is -0.392 e. The maximum absolute atomic E-state index is 12.3. The maximum Gasteiger partial charge on any atom is 0.270 e. The van der Waals surface area contributed by atoms with Crippen LogP contribution in [0, 0.1) is 0 Å². The third-order valence-electron chi connectivity index (χ3n) is 2.62. The van der Waals surface area contributed by atoms with Crippen LogP contribution >= 0.6 is 15.9 Å². The topological polar surface area (TPSA) is 20.2 Å². The summed E-state index contributed by atoms with van der Waals surface area (Å²) in [7, 11) is 0. The van der Waals surface area contributed by atoms with Crippen LogP contribution in [0.3, 0.4) is 0 Å². The van der Waals surface area contributed by atoms with E-state index in [0.29, 0.717) is 12.8 Å². The molecule has 0 aliphatic carbocycles. The Labute approximate surface area is 108 Å². The summed E-state index contributed by atoms with van der Waals surface area (Å²) in [5, 5.41) is 9.78. The Hall–Kier alpha value is -0.740. The molecule has 0 aromatic heterocycles. The zero-order valence-corrected chi connectivity index (χ0v) is 11.1. The summed E-state index contributed by atoms with van der Waals surface area (Å²) in [6.45, 7) is 1.32. The van der Waals surface area contributed by atoms with Gasteiger partial charge in [0.2, 0.25) is 0 Å². The molecule has 2 atom stereocenters. The molecule has 1 aromatic carbocycles. The molecule has 1 rings (SSSR count). The minimum atomic E-state index is -1.73. The Morgan fingerprint density at radius 1 is 1.29 bits per heavy atom. The van der Waals surface area contributed by atoms with Crippen molar-refractivity contribution in [3.8, 4) is 0 Å². The average molecular weight is 305 g/mol. The molecule has 1 N–H and O–H groups in total.